The molecule has 6 heterocycles. The zero-order valence-corrected chi connectivity index (χ0v) is 32.9. The van der Waals surface area contributed by atoms with Gasteiger partial charge in [0.15, 0.2) is 0 Å². The van der Waals surface area contributed by atoms with E-state index in [4.69, 9.17) is 9.47 Å². The maximum atomic E-state index is 6.34. The number of nitrogens with zero attached hydrogens (tertiary/aromatic N) is 7. The molecule has 10 rings (SSSR count). The number of benzene rings is 4. The number of aromatic nitrogens is 7. The van der Waals surface area contributed by atoms with Crippen LogP contribution >= 0.6 is 0 Å². The number of rotatable bonds is 7. The maximum Gasteiger partial charge on any atom is 2.00 e. The third-order valence-electron chi connectivity index (χ3n) is 8.79. The molecule has 11 heteroatoms. The molecular formula is C44H23N7O2Pt2. The van der Waals surface area contributed by atoms with Gasteiger partial charge in [0.1, 0.15) is 0 Å². The largest absolute Gasteiger partial charge is 2.00 e. The molecule has 0 aliphatic carbocycles. The van der Waals surface area contributed by atoms with Gasteiger partial charge in [-0.05, 0) is 41.7 Å². The predicted molar refractivity (Wildman–Crippen MR) is 202 cm³/mol. The molecule has 0 spiro atoms. The average Bonchev–Trinajstić information content (AvgIpc) is 3.53. The quantitative estimate of drug-likeness (QED) is 0.146. The molecule has 0 bridgehead atoms. The Morgan fingerprint density at radius 3 is 1.42 bits per heavy atom. The van der Waals surface area contributed by atoms with E-state index in [2.05, 4.69) is 54.2 Å². The van der Waals surface area contributed by atoms with E-state index < -0.39 is 0 Å². The normalized spacial score (nSPS) is 11.0. The SMILES string of the molecule is [Pt+2].[Pt+2].[c-]1c(Oc2[c-]c3c(cc2)c2ccc(Oc4[c-]c(-c5cc6ncccc6cn5)ccc4)[c-]c2n3-c2ncccn2)cccc1-c1cc2ncccc2cn1. The first-order valence-corrected chi connectivity index (χ1v) is 16.7. The number of hydrogen-bond donors (Lipinski definition) is 0. The van der Waals surface area contributed by atoms with Crippen molar-refractivity contribution in [2.75, 3.05) is 0 Å². The Balaban J connectivity index is 0.00000214. The maximum absolute atomic E-state index is 6.34. The van der Waals surface area contributed by atoms with Gasteiger partial charge in [-0.1, -0.05) is 35.3 Å². The van der Waals surface area contributed by atoms with Crippen LogP contribution in [0.3, 0.4) is 0 Å². The van der Waals surface area contributed by atoms with E-state index in [1.165, 1.54) is 0 Å². The van der Waals surface area contributed by atoms with Gasteiger partial charge in [0.05, 0.1) is 11.0 Å². The summed E-state index contributed by atoms with van der Waals surface area (Å²) in [7, 11) is 0. The van der Waals surface area contributed by atoms with Crippen LogP contribution in [0.1, 0.15) is 0 Å². The second-order valence-electron chi connectivity index (χ2n) is 12.1. The molecule has 4 aromatic carbocycles. The van der Waals surface area contributed by atoms with Crippen molar-refractivity contribution in [3.63, 3.8) is 0 Å². The van der Waals surface area contributed by atoms with Gasteiger partial charge in [-0.25, -0.2) is 9.97 Å². The van der Waals surface area contributed by atoms with Crippen molar-refractivity contribution in [2.24, 2.45) is 0 Å². The fraction of sp³-hybridized carbons (Fsp3) is 0. The molecule has 0 saturated carbocycles. The molecule has 0 aliphatic heterocycles. The summed E-state index contributed by atoms with van der Waals surface area (Å²) in [5.74, 6) is 2.51. The summed E-state index contributed by atoms with van der Waals surface area (Å²) in [6, 6.07) is 46.3. The van der Waals surface area contributed by atoms with Gasteiger partial charge in [0.2, 0.25) is 5.95 Å². The molecular weight excluding hydrogens is 1050 g/mol. The topological polar surface area (TPSA) is 101 Å². The van der Waals surface area contributed by atoms with E-state index in [1.807, 2.05) is 114 Å². The minimum absolute atomic E-state index is 0. The van der Waals surface area contributed by atoms with E-state index in [0.717, 1.165) is 66.1 Å². The molecule has 9 nitrogen and oxygen atoms in total. The van der Waals surface area contributed by atoms with Crippen LogP contribution in [-0.2, 0) is 42.1 Å². The number of fused-ring (bicyclic) bond motifs is 5. The number of ether oxygens (including phenoxy) is 2. The Morgan fingerprint density at radius 2 is 0.909 bits per heavy atom. The molecule has 0 aliphatic rings. The Labute approximate surface area is 343 Å². The van der Waals surface area contributed by atoms with Gasteiger partial charge < -0.3 is 24.0 Å². The molecule has 0 radical (unpaired) electrons. The first-order chi connectivity index (χ1) is 26.2. The van der Waals surface area contributed by atoms with Crippen LogP contribution in [0.5, 0.6) is 23.0 Å². The minimum Gasteiger partial charge on any atom is -0.503 e. The zero-order chi connectivity index (χ0) is 35.1. The third-order valence-corrected chi connectivity index (χ3v) is 8.79. The second-order valence-corrected chi connectivity index (χ2v) is 12.1. The summed E-state index contributed by atoms with van der Waals surface area (Å²) < 4.78 is 14.6. The van der Waals surface area contributed by atoms with Crippen molar-refractivity contribution < 1.29 is 51.6 Å². The molecule has 0 unspecified atom stereocenters. The van der Waals surface area contributed by atoms with Gasteiger partial charge in [0, 0.05) is 71.0 Å². The summed E-state index contributed by atoms with van der Waals surface area (Å²) in [6.45, 7) is 0. The summed E-state index contributed by atoms with van der Waals surface area (Å²) in [6.07, 6.45) is 10.6. The molecule has 10 aromatic rings. The Kier molecular flexibility index (Phi) is 9.98. The smallest absolute Gasteiger partial charge is 0.503 e. The van der Waals surface area contributed by atoms with Crippen molar-refractivity contribution in [2.45, 2.75) is 0 Å². The van der Waals surface area contributed by atoms with Crippen LogP contribution < -0.4 is 9.47 Å². The Hall–Kier alpha value is -6.14. The third kappa shape index (κ3) is 7.01. The van der Waals surface area contributed by atoms with Crippen molar-refractivity contribution in [1.29, 1.82) is 0 Å². The van der Waals surface area contributed by atoms with E-state index in [0.29, 0.717) is 28.9 Å². The summed E-state index contributed by atoms with van der Waals surface area (Å²) in [4.78, 5) is 27.3. The van der Waals surface area contributed by atoms with Crippen LogP contribution in [0.15, 0.2) is 140 Å². The standard InChI is InChI=1S/C44H23N7O2.2Pt/c1-6-28(38-24-40-30(26-49-38)8-3-16-45-40)20-32(10-1)52-34-12-14-36-37-15-13-35(23-43(37)51(42(36)22-34)44-47-18-5-19-48-44)53-33-11-2-7-29(21-33)39-25-41-31(27-50-39)9-4-17-46-41;;/h1-19,24-27H;;/q-4;2*+2. The number of pyridine rings is 4. The van der Waals surface area contributed by atoms with Gasteiger partial charge in [-0.2, -0.15) is 22.9 Å². The molecule has 55 heavy (non-hydrogen) atoms. The van der Waals surface area contributed by atoms with Gasteiger partial charge in [-0.15, -0.1) is 71.8 Å². The molecule has 6 aromatic heterocycles. The Bertz CT molecular complexity index is 2810. The summed E-state index contributed by atoms with van der Waals surface area (Å²) in [5.41, 5.74) is 6.25. The molecule has 0 fully saturated rings. The molecule has 0 atom stereocenters. The van der Waals surface area contributed by atoms with Gasteiger partial charge >= 0.3 is 42.1 Å². The molecule has 266 valence electrons. The van der Waals surface area contributed by atoms with E-state index >= 15 is 0 Å². The summed E-state index contributed by atoms with van der Waals surface area (Å²) >= 11 is 0. The van der Waals surface area contributed by atoms with Crippen molar-refractivity contribution in [1.82, 2.24) is 34.5 Å². The van der Waals surface area contributed by atoms with Crippen LogP contribution in [0.25, 0.3) is 72.1 Å². The van der Waals surface area contributed by atoms with Crippen LogP contribution in [0, 0.1) is 24.3 Å². The van der Waals surface area contributed by atoms with Crippen molar-refractivity contribution in [3.05, 3.63) is 165 Å². The minimum atomic E-state index is 0. The average molecular weight is 1070 g/mol. The Morgan fingerprint density at radius 1 is 0.436 bits per heavy atom. The first-order valence-electron chi connectivity index (χ1n) is 16.7. The van der Waals surface area contributed by atoms with Crippen LogP contribution in [-0.4, -0.2) is 34.5 Å². The molecule has 0 N–H and O–H groups in total. The first kappa shape index (κ1) is 35.9. The van der Waals surface area contributed by atoms with Crippen molar-refractivity contribution in [3.8, 4) is 51.5 Å². The summed E-state index contributed by atoms with van der Waals surface area (Å²) in [5, 5.41) is 3.80. The van der Waals surface area contributed by atoms with Crippen LogP contribution in [0.4, 0.5) is 0 Å². The zero-order valence-electron chi connectivity index (χ0n) is 28.4. The monoisotopic (exact) mass is 1070 g/mol. The predicted octanol–water partition coefficient (Wildman–Crippen LogP) is 9.57. The second kappa shape index (κ2) is 15.3. The fourth-order valence-corrected chi connectivity index (χ4v) is 6.33. The fourth-order valence-electron chi connectivity index (χ4n) is 6.33. The van der Waals surface area contributed by atoms with E-state index in [1.54, 1.807) is 30.9 Å². The van der Waals surface area contributed by atoms with Gasteiger partial charge in [0.25, 0.3) is 0 Å². The van der Waals surface area contributed by atoms with Crippen LogP contribution in [0.2, 0.25) is 0 Å². The molecule has 0 saturated heterocycles. The van der Waals surface area contributed by atoms with Crippen molar-refractivity contribution >= 4 is 43.6 Å². The van der Waals surface area contributed by atoms with E-state index in [9.17, 15) is 0 Å². The van der Waals surface area contributed by atoms with Gasteiger partial charge in [-0.3, -0.25) is 9.97 Å². The number of hydrogen-bond acceptors (Lipinski definition) is 8. The molecule has 0 amide bonds. The van der Waals surface area contributed by atoms with E-state index in [-0.39, 0.29) is 42.1 Å².